The molecule has 1 aliphatic heterocycles. The maximum atomic E-state index is 7.25. The number of nitrogens with zero attached hydrogens (tertiary/aromatic N) is 2. The van der Waals surface area contributed by atoms with Crippen LogP contribution < -0.4 is 21.6 Å². The van der Waals surface area contributed by atoms with Crippen LogP contribution in [0.3, 0.4) is 0 Å². The van der Waals surface area contributed by atoms with Gasteiger partial charge in [0.1, 0.15) is 11.6 Å². The van der Waals surface area contributed by atoms with E-state index in [0.29, 0.717) is 5.70 Å². The van der Waals surface area contributed by atoms with Crippen LogP contribution in [0.15, 0.2) is 77.1 Å². The van der Waals surface area contributed by atoms with Gasteiger partial charge < -0.3 is 15.3 Å². The van der Waals surface area contributed by atoms with Crippen LogP contribution in [0.5, 0.6) is 0 Å². The van der Waals surface area contributed by atoms with E-state index < -0.39 is 6.48 Å². The van der Waals surface area contributed by atoms with Gasteiger partial charge in [0.05, 0.1) is 6.57 Å². The first-order valence-corrected chi connectivity index (χ1v) is 12.4. The van der Waals surface area contributed by atoms with E-state index in [-0.39, 0.29) is 5.88 Å². The zero-order valence-electron chi connectivity index (χ0n) is 23.3. The van der Waals surface area contributed by atoms with Crippen LogP contribution in [0.25, 0.3) is 4.85 Å². The summed E-state index contributed by atoms with van der Waals surface area (Å²) in [5.41, 5.74) is 9.07. The van der Waals surface area contributed by atoms with Gasteiger partial charge in [-0.3, -0.25) is 0 Å². The molecule has 3 N–H and O–H groups in total. The fourth-order valence-electron chi connectivity index (χ4n) is 3.48. The fraction of sp³-hybridized carbons (Fsp3) is 0.0857. The molecule has 0 aliphatic carbocycles. The molecule has 0 unspecified atom stereocenters. The summed E-state index contributed by atoms with van der Waals surface area (Å²) >= 11 is 0. The molecule has 0 spiro atoms. The van der Waals surface area contributed by atoms with Crippen LogP contribution in [-0.2, 0) is 4.65 Å². The molecule has 0 bridgehead atoms. The minimum Gasteiger partial charge on any atom is -0.648 e. The Balaban J connectivity index is 0.000000296. The molecule has 2 aromatic rings. The second-order valence-corrected chi connectivity index (χ2v) is 7.83. The molecule has 0 aromatic heterocycles. The van der Waals surface area contributed by atoms with Crippen molar-refractivity contribution in [2.75, 3.05) is 0 Å². The Labute approximate surface area is 249 Å². The third kappa shape index (κ3) is 10.3. The van der Waals surface area contributed by atoms with Gasteiger partial charge in [-0.05, 0) is 0 Å². The average molecular weight is 536 g/mol. The smallest absolute Gasteiger partial charge is 0.505 e. The van der Waals surface area contributed by atoms with Crippen molar-refractivity contribution in [2.24, 2.45) is 10.6 Å². The van der Waals surface area contributed by atoms with E-state index in [2.05, 4.69) is 109 Å². The molecular weight excluding hydrogens is 514 g/mol. The monoisotopic (exact) mass is 536 g/mol. The van der Waals surface area contributed by atoms with E-state index in [1.165, 1.54) is 7.07 Å². The first-order valence-electron chi connectivity index (χ1n) is 12.4. The van der Waals surface area contributed by atoms with Crippen molar-refractivity contribution >= 4 is 30.2 Å². The van der Waals surface area contributed by atoms with Crippen LogP contribution in [-0.4, -0.2) is 19.3 Å². The molecule has 5 nitrogen and oxygen atoms in total. The van der Waals surface area contributed by atoms with Gasteiger partial charge in [0.25, 0.3) is 5.70 Å². The number of rotatable bonds is 2. The molecule has 1 aliphatic rings. The molecular formula is C35H22B2N4O. The van der Waals surface area contributed by atoms with Gasteiger partial charge in [-0.25, -0.2) is 4.85 Å². The normalized spacial score (nSPS) is 10.9. The average Bonchev–Trinajstić information content (AvgIpc) is 3.02. The van der Waals surface area contributed by atoms with E-state index in [9.17, 15) is 0 Å². The number of nitrogens with two attached hydrogens (primary N) is 1. The van der Waals surface area contributed by atoms with Gasteiger partial charge >= 0.3 is 127 Å². The summed E-state index contributed by atoms with van der Waals surface area (Å²) in [7, 11) is 1.33. The Morgan fingerprint density at radius 1 is 0.762 bits per heavy atom. The Bertz CT molecular complexity index is 1830. The second-order valence-electron chi connectivity index (χ2n) is 7.83. The predicted octanol–water partition coefficient (Wildman–Crippen LogP) is 0.718. The molecule has 194 valence electrons. The van der Waals surface area contributed by atoms with Crippen molar-refractivity contribution in [3.8, 4) is 94.8 Å². The Morgan fingerprint density at radius 3 is 1.71 bits per heavy atom. The van der Waals surface area contributed by atoms with Crippen LogP contribution in [0.2, 0.25) is 0 Å². The molecule has 2 aromatic carbocycles. The molecule has 0 amide bonds. The molecule has 1 heterocycles. The quantitative estimate of drug-likeness (QED) is 0.338. The summed E-state index contributed by atoms with van der Waals surface area (Å²) in [4.78, 5) is 10.5. The summed E-state index contributed by atoms with van der Waals surface area (Å²) in [5, 5.41) is 0. The second kappa shape index (κ2) is 18.6. The summed E-state index contributed by atoms with van der Waals surface area (Å²) in [6, 6.07) is 22.2. The largest absolute Gasteiger partial charge is 0.648 e. The first kappa shape index (κ1) is 31.6. The maximum absolute atomic E-state index is 7.25. The van der Waals surface area contributed by atoms with Crippen molar-refractivity contribution < 1.29 is 9.56 Å². The number of hydrogen-bond acceptors (Lipinski definition) is 3. The summed E-state index contributed by atoms with van der Waals surface area (Å²) in [5.74, 6) is 38.3. The van der Waals surface area contributed by atoms with Gasteiger partial charge in [0.2, 0.25) is 0 Å². The summed E-state index contributed by atoms with van der Waals surface area (Å²) in [6.45, 7) is 10.8. The minimum absolute atomic E-state index is 0.166. The van der Waals surface area contributed by atoms with Crippen molar-refractivity contribution in [2.45, 2.75) is 20.8 Å². The predicted molar refractivity (Wildman–Crippen MR) is 170 cm³/mol. The molecule has 7 heteroatoms. The van der Waals surface area contributed by atoms with Gasteiger partial charge in [-0.15, -0.1) is 0 Å². The van der Waals surface area contributed by atoms with Crippen molar-refractivity contribution in [3.63, 3.8) is 0 Å². The number of nitrogens with one attached hydrogen (secondary N) is 1. The third-order valence-corrected chi connectivity index (χ3v) is 5.16. The van der Waals surface area contributed by atoms with Crippen LogP contribution in [0.4, 0.5) is 0 Å². The Kier molecular flexibility index (Phi) is 14.0. The number of hydrogen-bond donors (Lipinski definition) is 2. The van der Waals surface area contributed by atoms with Crippen molar-refractivity contribution in [1.29, 1.82) is 0 Å². The standard InChI is InChI=1S/C18H6BN.C17H16BN3O/c1-3-5-7-9-11-13-15-17-19-20-18-16-14-12-10-8-6-4-2;1-13-16(20-2)17(19)22-18(21-13,14-9-5-3-6-10-14)15-11-7-4-8-12-15/h1-2H3;3-12,21H,19H2,1H3. The van der Waals surface area contributed by atoms with Gasteiger partial charge in [0, 0.05) is 6.92 Å². The van der Waals surface area contributed by atoms with E-state index >= 15 is 0 Å². The Morgan fingerprint density at radius 2 is 1.24 bits per heavy atom. The number of allylic oxidation sites excluding steroid dienone is 1. The first-order chi connectivity index (χ1) is 20.6. The topological polar surface area (TPSA) is 65.9 Å². The molecule has 42 heavy (non-hydrogen) atoms. The summed E-state index contributed by atoms with van der Waals surface area (Å²) in [6.07, 6.45) is 0. The van der Waals surface area contributed by atoms with E-state index in [0.717, 1.165) is 16.6 Å². The molecule has 0 atom stereocenters. The molecule has 0 saturated heterocycles. The van der Waals surface area contributed by atoms with Crippen molar-refractivity contribution in [1.82, 2.24) is 0 Å². The fourth-order valence-corrected chi connectivity index (χ4v) is 3.48. The van der Waals surface area contributed by atoms with E-state index in [1.807, 2.05) is 67.6 Å². The van der Waals surface area contributed by atoms with Crippen LogP contribution in [0.1, 0.15) is 20.8 Å². The zero-order valence-corrected chi connectivity index (χ0v) is 23.3. The minimum atomic E-state index is -1.74. The van der Waals surface area contributed by atoms with Gasteiger partial charge in [-0.1, -0.05) is 71.6 Å². The molecule has 0 fully saturated rings. The van der Waals surface area contributed by atoms with Gasteiger partial charge in [0.15, 0.2) is 0 Å². The van der Waals surface area contributed by atoms with E-state index in [4.69, 9.17) is 17.0 Å². The SMILES string of the molecule is CC#CC#CC#CC#CB=NC#CC#CC#CC#CC.[C-]#[N+]C1=C(N)O[B-](c2ccccc2)(c2ccccc2)[NH+]=C1C. The van der Waals surface area contributed by atoms with Gasteiger partial charge in [-0.2, -0.15) is 0 Å². The third-order valence-electron chi connectivity index (χ3n) is 5.16. The summed E-state index contributed by atoms with van der Waals surface area (Å²) < 4.78 is 6.09. The zero-order chi connectivity index (χ0) is 30.3. The molecule has 0 radical (unpaired) electrons. The number of benzene rings is 2. The van der Waals surface area contributed by atoms with E-state index in [1.54, 1.807) is 13.8 Å². The molecule has 0 saturated carbocycles. The Hall–Kier alpha value is -6.65. The van der Waals surface area contributed by atoms with Crippen LogP contribution >= 0.6 is 0 Å². The van der Waals surface area contributed by atoms with Crippen LogP contribution in [0, 0.1) is 101 Å². The maximum Gasteiger partial charge on any atom is 0.505 e. The van der Waals surface area contributed by atoms with Crippen molar-refractivity contribution in [3.05, 3.63) is 83.7 Å². The molecule has 3 rings (SSSR count).